The van der Waals surface area contributed by atoms with E-state index in [1.807, 2.05) is 72.2 Å². The number of aromatic nitrogens is 4. The van der Waals surface area contributed by atoms with Crippen LogP contribution in [-0.2, 0) is 4.79 Å². The van der Waals surface area contributed by atoms with Gasteiger partial charge in [0.05, 0.1) is 24.2 Å². The van der Waals surface area contributed by atoms with Crippen LogP contribution in [0.3, 0.4) is 0 Å². The molecule has 0 atom stereocenters. The molecular formula is C29H34N8O2. The summed E-state index contributed by atoms with van der Waals surface area (Å²) in [6.45, 7) is 2.96. The predicted octanol–water partition coefficient (Wildman–Crippen LogP) is 4.61. The van der Waals surface area contributed by atoms with E-state index in [2.05, 4.69) is 25.5 Å². The second-order valence-corrected chi connectivity index (χ2v) is 9.68. The first kappa shape index (κ1) is 26.2. The standard InChI is InChI=1S/C29H34N8O2/c1-35(2)24-20-25(39-3)23(19-22(24)32-27(38)10-8-17-36-15-5-4-6-16-36)33-29-31-14-11-26(34-29)37-18-12-21-9-7-13-30-28(21)37/h7-14,18-20H,4-6,15-17H2,1-3H3,(H,32,38)(H,31,33,34)/b10-8+. The number of carbonyl (C=O) groups is 1. The molecule has 0 radical (unpaired) electrons. The van der Waals surface area contributed by atoms with Gasteiger partial charge < -0.3 is 20.3 Å². The quantitative estimate of drug-likeness (QED) is 0.305. The van der Waals surface area contributed by atoms with Crippen molar-refractivity contribution in [1.29, 1.82) is 0 Å². The Bertz CT molecular complexity index is 1470. The summed E-state index contributed by atoms with van der Waals surface area (Å²) in [5.41, 5.74) is 2.90. The van der Waals surface area contributed by atoms with Crippen LogP contribution in [0.4, 0.5) is 23.0 Å². The maximum atomic E-state index is 12.8. The number of anilines is 4. The predicted molar refractivity (Wildman–Crippen MR) is 155 cm³/mol. The van der Waals surface area contributed by atoms with Crippen molar-refractivity contribution in [2.75, 3.05) is 56.4 Å². The van der Waals surface area contributed by atoms with E-state index in [0.29, 0.717) is 28.9 Å². The van der Waals surface area contributed by atoms with E-state index in [-0.39, 0.29) is 5.91 Å². The van der Waals surface area contributed by atoms with Crippen LogP contribution in [0.1, 0.15) is 19.3 Å². The highest BCUT2D eigenvalue weighted by Gasteiger charge is 2.16. The van der Waals surface area contributed by atoms with Gasteiger partial charge in [0.25, 0.3) is 0 Å². The molecule has 0 spiro atoms. The van der Waals surface area contributed by atoms with Crippen LogP contribution in [0, 0.1) is 0 Å². The largest absolute Gasteiger partial charge is 0.494 e. The van der Waals surface area contributed by atoms with Gasteiger partial charge in [-0.15, -0.1) is 0 Å². The van der Waals surface area contributed by atoms with Gasteiger partial charge in [-0.2, -0.15) is 4.98 Å². The Kier molecular flexibility index (Phi) is 8.02. The number of hydrogen-bond acceptors (Lipinski definition) is 8. The number of methoxy groups -OCH3 is 1. The molecule has 4 aromatic rings. The molecule has 5 rings (SSSR count). The van der Waals surface area contributed by atoms with Crippen molar-refractivity contribution in [3.05, 3.63) is 67.1 Å². The second kappa shape index (κ2) is 12.0. The molecule has 10 heteroatoms. The summed E-state index contributed by atoms with van der Waals surface area (Å²) >= 11 is 0. The lowest BCUT2D eigenvalue weighted by atomic mass is 10.1. The van der Waals surface area contributed by atoms with E-state index in [9.17, 15) is 4.79 Å². The fraction of sp³-hybridized carbons (Fsp3) is 0.310. The highest BCUT2D eigenvalue weighted by Crippen LogP contribution is 2.37. The number of fused-ring (bicyclic) bond motifs is 1. The minimum Gasteiger partial charge on any atom is -0.494 e. The lowest BCUT2D eigenvalue weighted by Crippen LogP contribution is -2.29. The highest BCUT2D eigenvalue weighted by molar-refractivity contribution is 6.02. The smallest absolute Gasteiger partial charge is 0.248 e. The number of pyridine rings is 1. The first-order valence-electron chi connectivity index (χ1n) is 13.1. The SMILES string of the molecule is COc1cc(N(C)C)c(NC(=O)/C=C/CN2CCCCC2)cc1Nc1nccc(-n2ccc3cccnc32)n1. The zero-order valence-corrected chi connectivity index (χ0v) is 22.6. The van der Waals surface area contributed by atoms with E-state index in [0.717, 1.165) is 36.4 Å². The maximum absolute atomic E-state index is 12.8. The van der Waals surface area contributed by atoms with Crippen LogP contribution >= 0.6 is 0 Å². The molecule has 1 amide bonds. The molecule has 10 nitrogen and oxygen atoms in total. The Morgan fingerprint density at radius 3 is 2.72 bits per heavy atom. The molecule has 3 aromatic heterocycles. The zero-order chi connectivity index (χ0) is 27.2. The molecule has 39 heavy (non-hydrogen) atoms. The molecule has 1 fully saturated rings. The van der Waals surface area contributed by atoms with Crippen molar-refractivity contribution in [3.63, 3.8) is 0 Å². The Morgan fingerprint density at radius 2 is 1.92 bits per heavy atom. The maximum Gasteiger partial charge on any atom is 0.248 e. The number of nitrogens with zero attached hydrogens (tertiary/aromatic N) is 6. The van der Waals surface area contributed by atoms with Crippen LogP contribution < -0.4 is 20.3 Å². The normalized spacial score (nSPS) is 14.0. The summed E-state index contributed by atoms with van der Waals surface area (Å²) in [6, 6.07) is 11.5. The molecule has 0 bridgehead atoms. The molecule has 0 saturated carbocycles. The Labute approximate surface area is 228 Å². The number of nitrogens with one attached hydrogen (secondary N) is 2. The molecule has 2 N–H and O–H groups in total. The van der Waals surface area contributed by atoms with Crippen molar-refractivity contribution in [2.24, 2.45) is 0 Å². The minimum atomic E-state index is -0.184. The number of rotatable bonds is 9. The van der Waals surface area contributed by atoms with E-state index in [1.165, 1.54) is 19.3 Å². The number of carbonyl (C=O) groups excluding carboxylic acids is 1. The first-order chi connectivity index (χ1) is 19.0. The van der Waals surface area contributed by atoms with Crippen molar-refractivity contribution >= 4 is 40.0 Å². The molecule has 1 aliphatic rings. The average molecular weight is 527 g/mol. The molecule has 1 saturated heterocycles. The third-order valence-electron chi connectivity index (χ3n) is 6.72. The van der Waals surface area contributed by atoms with Gasteiger partial charge in [0, 0.05) is 56.8 Å². The van der Waals surface area contributed by atoms with Gasteiger partial charge >= 0.3 is 0 Å². The summed E-state index contributed by atoms with van der Waals surface area (Å²) in [7, 11) is 5.45. The molecule has 1 aliphatic heterocycles. The molecule has 4 heterocycles. The van der Waals surface area contributed by atoms with E-state index >= 15 is 0 Å². The molecule has 202 valence electrons. The summed E-state index contributed by atoms with van der Waals surface area (Å²) in [5.74, 6) is 1.48. The molecule has 0 unspecified atom stereocenters. The first-order valence-corrected chi connectivity index (χ1v) is 13.1. The van der Waals surface area contributed by atoms with Crippen LogP contribution in [0.25, 0.3) is 16.9 Å². The molecular weight excluding hydrogens is 492 g/mol. The lowest BCUT2D eigenvalue weighted by molar-refractivity contribution is -0.111. The monoisotopic (exact) mass is 526 g/mol. The fourth-order valence-corrected chi connectivity index (χ4v) is 4.75. The number of piperidine rings is 1. The van der Waals surface area contributed by atoms with Crippen molar-refractivity contribution in [1.82, 2.24) is 24.4 Å². The summed E-state index contributed by atoms with van der Waals surface area (Å²) < 4.78 is 7.58. The number of likely N-dealkylation sites (tertiary alicyclic amines) is 1. The molecule has 1 aromatic carbocycles. The van der Waals surface area contributed by atoms with Gasteiger partial charge in [-0.1, -0.05) is 12.5 Å². The Hall–Kier alpha value is -4.44. The average Bonchev–Trinajstić information content (AvgIpc) is 3.38. The third-order valence-corrected chi connectivity index (χ3v) is 6.72. The lowest BCUT2D eigenvalue weighted by Gasteiger charge is -2.24. The van der Waals surface area contributed by atoms with Crippen LogP contribution in [0.2, 0.25) is 0 Å². The summed E-state index contributed by atoms with van der Waals surface area (Å²) in [5, 5.41) is 7.32. The summed E-state index contributed by atoms with van der Waals surface area (Å²) in [6.07, 6.45) is 12.6. The highest BCUT2D eigenvalue weighted by atomic mass is 16.5. The summed E-state index contributed by atoms with van der Waals surface area (Å²) in [4.78, 5) is 30.7. The topological polar surface area (TPSA) is 100 Å². The van der Waals surface area contributed by atoms with Crippen LogP contribution in [0.5, 0.6) is 5.75 Å². The van der Waals surface area contributed by atoms with E-state index < -0.39 is 0 Å². The van der Waals surface area contributed by atoms with Crippen LogP contribution in [-0.4, -0.2) is 71.2 Å². The second-order valence-electron chi connectivity index (χ2n) is 9.68. The van der Waals surface area contributed by atoms with Crippen molar-refractivity contribution in [2.45, 2.75) is 19.3 Å². The number of amides is 1. The number of hydrogen-bond donors (Lipinski definition) is 2. The van der Waals surface area contributed by atoms with Crippen molar-refractivity contribution in [3.8, 4) is 11.6 Å². The van der Waals surface area contributed by atoms with Gasteiger partial charge in [-0.05, 0) is 56.3 Å². The van der Waals surface area contributed by atoms with Gasteiger partial charge in [0.15, 0.2) is 0 Å². The third kappa shape index (κ3) is 6.18. The zero-order valence-electron chi connectivity index (χ0n) is 22.6. The van der Waals surface area contributed by atoms with Gasteiger partial charge in [-0.25, -0.2) is 9.97 Å². The molecule has 0 aliphatic carbocycles. The van der Waals surface area contributed by atoms with E-state index in [1.54, 1.807) is 25.6 Å². The number of benzene rings is 1. The van der Waals surface area contributed by atoms with Crippen molar-refractivity contribution < 1.29 is 9.53 Å². The number of ether oxygens (including phenoxy) is 1. The van der Waals surface area contributed by atoms with Crippen LogP contribution in [0.15, 0.2) is 67.1 Å². The van der Waals surface area contributed by atoms with Gasteiger partial charge in [0.2, 0.25) is 11.9 Å². The Morgan fingerprint density at radius 1 is 1.08 bits per heavy atom. The Balaban J connectivity index is 1.38. The van der Waals surface area contributed by atoms with Gasteiger partial charge in [-0.3, -0.25) is 14.3 Å². The minimum absolute atomic E-state index is 0.184. The fourth-order valence-electron chi connectivity index (χ4n) is 4.75. The van der Waals surface area contributed by atoms with Gasteiger partial charge in [0.1, 0.15) is 17.2 Å². The van der Waals surface area contributed by atoms with E-state index in [4.69, 9.17) is 9.72 Å².